The van der Waals surface area contributed by atoms with Gasteiger partial charge in [-0.2, -0.15) is 0 Å². The van der Waals surface area contributed by atoms with E-state index in [2.05, 4.69) is 15.9 Å². The molecule has 1 aromatic carbocycles. The van der Waals surface area contributed by atoms with E-state index < -0.39 is 17.7 Å². The predicted octanol–water partition coefficient (Wildman–Crippen LogP) is 4.26. The van der Waals surface area contributed by atoms with Crippen LogP contribution in [0.15, 0.2) is 34.1 Å². The van der Waals surface area contributed by atoms with Gasteiger partial charge in [0, 0.05) is 14.9 Å². The van der Waals surface area contributed by atoms with E-state index in [4.69, 9.17) is 5.73 Å². The molecule has 2 N–H and O–H groups in total. The number of hydrogen-bond donors (Lipinski definition) is 1. The number of nitrogens with two attached hydrogens (primary N) is 1. The van der Waals surface area contributed by atoms with Crippen LogP contribution < -0.4 is 5.73 Å². The summed E-state index contributed by atoms with van der Waals surface area (Å²) < 4.78 is 27.6. The lowest BCUT2D eigenvalue weighted by Crippen LogP contribution is -2.14. The van der Waals surface area contributed by atoms with Crippen LogP contribution in [0.4, 0.5) is 8.78 Å². The highest BCUT2D eigenvalue weighted by atomic mass is 79.9. The smallest absolute Gasteiger partial charge is 0.132 e. The summed E-state index contributed by atoms with van der Waals surface area (Å²) in [4.78, 5) is 0.736. The minimum absolute atomic E-state index is 0. The first-order valence-electron chi connectivity index (χ1n) is 4.53. The molecule has 1 nitrogen and oxygen atoms in total. The third kappa shape index (κ3) is 3.04. The second-order valence-electron chi connectivity index (χ2n) is 3.28. The highest BCUT2D eigenvalue weighted by Gasteiger charge is 2.19. The van der Waals surface area contributed by atoms with E-state index in [1.165, 1.54) is 23.5 Å². The molecule has 0 fully saturated rings. The van der Waals surface area contributed by atoms with Crippen LogP contribution in [0, 0.1) is 11.6 Å². The number of rotatable bonds is 2. The van der Waals surface area contributed by atoms with Gasteiger partial charge in [0.25, 0.3) is 0 Å². The van der Waals surface area contributed by atoms with Crippen molar-refractivity contribution in [1.29, 1.82) is 0 Å². The number of hydrogen-bond acceptors (Lipinski definition) is 2. The van der Waals surface area contributed by atoms with Gasteiger partial charge in [0.2, 0.25) is 0 Å². The molecule has 17 heavy (non-hydrogen) atoms. The molecule has 1 aromatic heterocycles. The van der Waals surface area contributed by atoms with Crippen LogP contribution in [-0.4, -0.2) is 0 Å². The Bertz CT molecular complexity index is 481. The molecule has 0 saturated carbocycles. The second-order valence-corrected chi connectivity index (χ2v) is 5.17. The maximum Gasteiger partial charge on any atom is 0.132 e. The molecule has 0 unspecified atom stereocenters. The largest absolute Gasteiger partial charge is 0.319 e. The summed E-state index contributed by atoms with van der Waals surface area (Å²) in [7, 11) is 0. The van der Waals surface area contributed by atoms with Crippen LogP contribution >= 0.6 is 39.7 Å². The lowest BCUT2D eigenvalue weighted by atomic mass is 10.1. The van der Waals surface area contributed by atoms with E-state index >= 15 is 0 Å². The normalized spacial score (nSPS) is 12.0. The minimum atomic E-state index is -0.756. The molecular weight excluding hydrogens is 332 g/mol. The molecule has 2 aromatic rings. The van der Waals surface area contributed by atoms with Crippen molar-refractivity contribution >= 4 is 39.7 Å². The molecule has 1 heterocycles. The summed E-state index contributed by atoms with van der Waals surface area (Å²) in [6, 6.07) is 5.23. The van der Waals surface area contributed by atoms with Crippen LogP contribution in [0.3, 0.4) is 0 Å². The van der Waals surface area contributed by atoms with Gasteiger partial charge < -0.3 is 5.73 Å². The van der Waals surface area contributed by atoms with Gasteiger partial charge in [-0.15, -0.1) is 23.7 Å². The summed E-state index contributed by atoms with van der Waals surface area (Å²) in [6.07, 6.45) is 0. The fraction of sp³-hybridized carbons (Fsp3) is 0.0909. The molecule has 0 spiro atoms. The molecule has 0 radical (unpaired) electrons. The molecular formula is C11H9BrClF2NS. The number of thiophene rings is 1. The van der Waals surface area contributed by atoms with Gasteiger partial charge >= 0.3 is 0 Å². The zero-order chi connectivity index (χ0) is 11.7. The van der Waals surface area contributed by atoms with Gasteiger partial charge in [-0.1, -0.05) is 22.0 Å². The molecule has 92 valence electrons. The molecule has 0 aliphatic rings. The van der Waals surface area contributed by atoms with Crippen molar-refractivity contribution < 1.29 is 8.78 Å². The SMILES string of the molecule is Cl.N[C@@H](c1cccs1)c1c(F)cc(Br)cc1F. The number of halogens is 4. The molecule has 1 atom stereocenters. The molecule has 0 aliphatic carbocycles. The lowest BCUT2D eigenvalue weighted by Gasteiger charge is -2.12. The Morgan fingerprint density at radius 3 is 2.29 bits per heavy atom. The zero-order valence-electron chi connectivity index (χ0n) is 8.49. The topological polar surface area (TPSA) is 26.0 Å². The highest BCUT2D eigenvalue weighted by Crippen LogP contribution is 2.29. The molecule has 0 aliphatic heterocycles. The summed E-state index contributed by atoms with van der Waals surface area (Å²) in [5.74, 6) is -1.26. The first-order valence-corrected chi connectivity index (χ1v) is 6.20. The lowest BCUT2D eigenvalue weighted by molar-refractivity contribution is 0.543. The van der Waals surface area contributed by atoms with Crippen molar-refractivity contribution in [1.82, 2.24) is 0 Å². The van der Waals surface area contributed by atoms with E-state index in [9.17, 15) is 8.78 Å². The van der Waals surface area contributed by atoms with Crippen molar-refractivity contribution in [2.45, 2.75) is 6.04 Å². The van der Waals surface area contributed by atoms with E-state index in [0.717, 1.165) is 4.88 Å². The van der Waals surface area contributed by atoms with Crippen molar-refractivity contribution in [3.05, 3.63) is 56.2 Å². The fourth-order valence-electron chi connectivity index (χ4n) is 1.46. The Morgan fingerprint density at radius 1 is 1.24 bits per heavy atom. The van der Waals surface area contributed by atoms with Crippen LogP contribution in [0.25, 0.3) is 0 Å². The van der Waals surface area contributed by atoms with Crippen LogP contribution in [0.5, 0.6) is 0 Å². The monoisotopic (exact) mass is 339 g/mol. The molecule has 0 bridgehead atoms. The van der Waals surface area contributed by atoms with Gasteiger partial charge in [0.05, 0.1) is 6.04 Å². The van der Waals surface area contributed by atoms with Crippen molar-refractivity contribution in [2.24, 2.45) is 5.73 Å². The van der Waals surface area contributed by atoms with E-state index in [-0.39, 0.29) is 18.0 Å². The molecule has 2 rings (SSSR count). The third-order valence-corrected chi connectivity index (χ3v) is 3.62. The standard InChI is InChI=1S/C11H8BrF2NS.ClH/c12-6-4-7(13)10(8(14)5-6)11(15)9-2-1-3-16-9;/h1-5,11H,15H2;1H/t11-;/m0./s1. The van der Waals surface area contributed by atoms with Gasteiger partial charge in [0.15, 0.2) is 0 Å². The van der Waals surface area contributed by atoms with Crippen molar-refractivity contribution in [3.63, 3.8) is 0 Å². The Balaban J connectivity index is 0.00000144. The van der Waals surface area contributed by atoms with Crippen molar-refractivity contribution in [2.75, 3.05) is 0 Å². The van der Waals surface area contributed by atoms with E-state index in [0.29, 0.717) is 4.47 Å². The molecule has 6 heteroatoms. The van der Waals surface area contributed by atoms with Crippen LogP contribution in [-0.2, 0) is 0 Å². The van der Waals surface area contributed by atoms with Crippen LogP contribution in [0.2, 0.25) is 0 Å². The summed E-state index contributed by atoms with van der Waals surface area (Å²) >= 11 is 4.40. The Kier molecular flexibility index (Phi) is 5.06. The van der Waals surface area contributed by atoms with Gasteiger partial charge in [-0.05, 0) is 23.6 Å². The molecule has 0 saturated heterocycles. The maximum absolute atomic E-state index is 13.6. The summed E-state index contributed by atoms with van der Waals surface area (Å²) in [5.41, 5.74) is 5.74. The van der Waals surface area contributed by atoms with Gasteiger partial charge in [0.1, 0.15) is 11.6 Å². The molecule has 0 amide bonds. The third-order valence-electron chi connectivity index (χ3n) is 2.20. The Hall–Kier alpha value is -0.490. The zero-order valence-corrected chi connectivity index (χ0v) is 11.7. The number of benzene rings is 1. The average Bonchev–Trinajstić information content (AvgIpc) is 2.67. The fourth-order valence-corrected chi connectivity index (χ4v) is 2.60. The quantitative estimate of drug-likeness (QED) is 0.868. The summed E-state index contributed by atoms with van der Waals surface area (Å²) in [5, 5.41) is 1.82. The van der Waals surface area contributed by atoms with Crippen molar-refractivity contribution in [3.8, 4) is 0 Å². The first-order chi connectivity index (χ1) is 7.59. The minimum Gasteiger partial charge on any atom is -0.319 e. The summed E-state index contributed by atoms with van der Waals surface area (Å²) in [6.45, 7) is 0. The predicted molar refractivity (Wildman–Crippen MR) is 71.7 cm³/mol. The van der Waals surface area contributed by atoms with E-state index in [1.54, 1.807) is 12.1 Å². The average molecular weight is 341 g/mol. The Morgan fingerprint density at radius 2 is 1.82 bits per heavy atom. The highest BCUT2D eigenvalue weighted by molar-refractivity contribution is 9.10. The van der Waals surface area contributed by atoms with Gasteiger partial charge in [-0.25, -0.2) is 8.78 Å². The first kappa shape index (κ1) is 14.6. The Labute approximate surface area is 116 Å². The van der Waals surface area contributed by atoms with E-state index in [1.807, 2.05) is 5.38 Å². The maximum atomic E-state index is 13.6. The van der Waals surface area contributed by atoms with Crippen LogP contribution in [0.1, 0.15) is 16.5 Å². The van der Waals surface area contributed by atoms with Gasteiger partial charge in [-0.3, -0.25) is 0 Å². The second kappa shape index (κ2) is 5.91.